The van der Waals surface area contributed by atoms with E-state index in [0.717, 1.165) is 0 Å². The van der Waals surface area contributed by atoms with Crippen molar-refractivity contribution in [3.8, 4) is 11.5 Å². The van der Waals surface area contributed by atoms with E-state index in [1.165, 1.54) is 24.3 Å². The van der Waals surface area contributed by atoms with Crippen LogP contribution in [0.2, 0.25) is 5.02 Å². The summed E-state index contributed by atoms with van der Waals surface area (Å²) < 4.78 is 4.97. The molecule has 0 aliphatic rings. The summed E-state index contributed by atoms with van der Waals surface area (Å²) in [7, 11) is 0. The Kier molecular flexibility index (Phi) is 4.30. The topological polar surface area (TPSA) is 95.9 Å². The molecule has 6 nitrogen and oxygen atoms in total. The van der Waals surface area contributed by atoms with Gasteiger partial charge >= 0.3 is 12.1 Å². The van der Waals surface area contributed by atoms with Gasteiger partial charge in [-0.15, -0.1) is 0 Å². The van der Waals surface area contributed by atoms with Crippen LogP contribution >= 0.6 is 11.6 Å². The van der Waals surface area contributed by atoms with Crippen LogP contribution in [-0.4, -0.2) is 22.3 Å². The highest BCUT2D eigenvalue weighted by molar-refractivity contribution is 6.32. The van der Waals surface area contributed by atoms with Crippen LogP contribution in [0.15, 0.2) is 42.5 Å². The summed E-state index contributed by atoms with van der Waals surface area (Å²) >= 11 is 5.84. The standard InChI is InChI=1S/C14H10ClNO5/c15-8-4-1-2-7-11(8)21-14(20)16-9-5-3-6-10(17)12(9)13(18)19/h1-7,17H,(H,16,20)(H,18,19). The van der Waals surface area contributed by atoms with E-state index in [4.69, 9.17) is 21.4 Å². The van der Waals surface area contributed by atoms with Crippen molar-refractivity contribution in [1.29, 1.82) is 0 Å². The van der Waals surface area contributed by atoms with Crippen molar-refractivity contribution in [1.82, 2.24) is 0 Å². The summed E-state index contributed by atoms with van der Waals surface area (Å²) in [6, 6.07) is 10.3. The lowest BCUT2D eigenvalue weighted by atomic mass is 10.1. The van der Waals surface area contributed by atoms with E-state index >= 15 is 0 Å². The van der Waals surface area contributed by atoms with Crippen molar-refractivity contribution in [3.05, 3.63) is 53.1 Å². The number of ether oxygens (including phenoxy) is 1. The second-order valence-electron chi connectivity index (χ2n) is 3.95. The smallest absolute Gasteiger partial charge is 0.417 e. The molecule has 0 saturated heterocycles. The number of carboxylic acid groups (broad SMARTS) is 1. The molecule has 0 unspecified atom stereocenters. The number of carbonyl (C=O) groups excluding carboxylic acids is 1. The van der Waals surface area contributed by atoms with Crippen molar-refractivity contribution in [2.45, 2.75) is 0 Å². The molecule has 7 heteroatoms. The van der Waals surface area contributed by atoms with E-state index in [-0.39, 0.29) is 16.5 Å². The highest BCUT2D eigenvalue weighted by Crippen LogP contribution is 2.27. The first-order valence-corrected chi connectivity index (χ1v) is 6.15. The zero-order chi connectivity index (χ0) is 15.4. The third-order valence-corrected chi connectivity index (χ3v) is 2.84. The maximum Gasteiger partial charge on any atom is 0.417 e. The van der Waals surface area contributed by atoms with Crippen LogP contribution in [0, 0.1) is 0 Å². The van der Waals surface area contributed by atoms with E-state index in [1.807, 2.05) is 0 Å². The molecule has 0 heterocycles. The van der Waals surface area contributed by atoms with Gasteiger partial charge in [0.25, 0.3) is 0 Å². The van der Waals surface area contributed by atoms with Crippen LogP contribution in [0.4, 0.5) is 10.5 Å². The molecule has 3 N–H and O–H groups in total. The molecule has 0 aliphatic carbocycles. The highest BCUT2D eigenvalue weighted by Gasteiger charge is 2.18. The lowest BCUT2D eigenvalue weighted by molar-refractivity contribution is 0.0695. The molecule has 0 atom stereocenters. The van der Waals surface area contributed by atoms with E-state index < -0.39 is 23.4 Å². The summed E-state index contributed by atoms with van der Waals surface area (Å²) in [5.41, 5.74) is -0.506. The van der Waals surface area contributed by atoms with Crippen LogP contribution in [0.1, 0.15) is 10.4 Å². The maximum atomic E-state index is 11.8. The zero-order valence-electron chi connectivity index (χ0n) is 10.5. The number of nitrogens with one attached hydrogen (secondary N) is 1. The third-order valence-electron chi connectivity index (χ3n) is 2.53. The van der Waals surface area contributed by atoms with Crippen LogP contribution < -0.4 is 10.1 Å². The molecule has 0 aliphatic heterocycles. The first kappa shape index (κ1) is 14.7. The minimum atomic E-state index is -1.37. The lowest BCUT2D eigenvalue weighted by Crippen LogP contribution is -2.18. The second kappa shape index (κ2) is 6.15. The number of phenols is 1. The van der Waals surface area contributed by atoms with E-state index in [9.17, 15) is 14.7 Å². The van der Waals surface area contributed by atoms with Gasteiger partial charge in [0.05, 0.1) is 10.7 Å². The average Bonchev–Trinajstić information content (AvgIpc) is 2.41. The normalized spacial score (nSPS) is 9.95. The summed E-state index contributed by atoms with van der Waals surface area (Å²) in [4.78, 5) is 22.8. The third kappa shape index (κ3) is 3.43. The van der Waals surface area contributed by atoms with Gasteiger partial charge in [-0.2, -0.15) is 0 Å². The van der Waals surface area contributed by atoms with Crippen molar-refractivity contribution in [3.63, 3.8) is 0 Å². The van der Waals surface area contributed by atoms with Crippen LogP contribution in [0.25, 0.3) is 0 Å². The van der Waals surface area contributed by atoms with Crippen molar-refractivity contribution in [2.24, 2.45) is 0 Å². The average molecular weight is 308 g/mol. The fourth-order valence-electron chi connectivity index (χ4n) is 1.63. The summed E-state index contributed by atoms with van der Waals surface area (Å²) in [6.07, 6.45) is -0.920. The second-order valence-corrected chi connectivity index (χ2v) is 4.36. The van der Waals surface area contributed by atoms with Gasteiger partial charge < -0.3 is 14.9 Å². The van der Waals surface area contributed by atoms with Gasteiger partial charge in [0, 0.05) is 0 Å². The number of aromatic carboxylic acids is 1. The first-order valence-electron chi connectivity index (χ1n) is 5.77. The first-order chi connectivity index (χ1) is 9.99. The van der Waals surface area contributed by atoms with Gasteiger partial charge in [-0.25, -0.2) is 9.59 Å². The number of hydrogen-bond acceptors (Lipinski definition) is 4. The molecular formula is C14H10ClNO5. The molecule has 1 amide bonds. The maximum absolute atomic E-state index is 11.8. The molecule has 2 rings (SSSR count). The van der Waals surface area contributed by atoms with Gasteiger partial charge in [0.2, 0.25) is 0 Å². The summed E-state index contributed by atoms with van der Waals surface area (Å²) in [5.74, 6) is -1.70. The van der Waals surface area contributed by atoms with Gasteiger partial charge in [-0.3, -0.25) is 5.32 Å². The monoisotopic (exact) mass is 307 g/mol. The highest BCUT2D eigenvalue weighted by atomic mass is 35.5. The fourth-order valence-corrected chi connectivity index (χ4v) is 1.81. The molecule has 2 aromatic carbocycles. The van der Waals surface area contributed by atoms with E-state index in [1.54, 1.807) is 18.2 Å². The van der Waals surface area contributed by atoms with Gasteiger partial charge in [-0.1, -0.05) is 29.8 Å². The fraction of sp³-hybridized carbons (Fsp3) is 0. The SMILES string of the molecule is O=C(Nc1cccc(O)c1C(=O)O)Oc1ccccc1Cl. The molecule has 21 heavy (non-hydrogen) atoms. The zero-order valence-corrected chi connectivity index (χ0v) is 11.3. The van der Waals surface area contributed by atoms with Crippen LogP contribution in [-0.2, 0) is 0 Å². The van der Waals surface area contributed by atoms with E-state index in [2.05, 4.69) is 5.32 Å². The molecule has 0 saturated carbocycles. The van der Waals surface area contributed by atoms with Crippen molar-refractivity contribution in [2.75, 3.05) is 5.32 Å². The van der Waals surface area contributed by atoms with Gasteiger partial charge in [-0.05, 0) is 24.3 Å². The minimum Gasteiger partial charge on any atom is -0.507 e. The number of aromatic hydroxyl groups is 1. The number of hydrogen-bond donors (Lipinski definition) is 3. The number of amides is 1. The quantitative estimate of drug-likeness (QED) is 0.808. The lowest BCUT2D eigenvalue weighted by Gasteiger charge is -2.10. The number of carboxylic acids is 1. The minimum absolute atomic E-state index is 0.0837. The molecule has 0 radical (unpaired) electrons. The Balaban J connectivity index is 2.19. The Morgan fingerprint density at radius 2 is 1.81 bits per heavy atom. The Hall–Kier alpha value is -2.73. The van der Waals surface area contributed by atoms with Gasteiger partial charge in [0.1, 0.15) is 11.3 Å². The van der Waals surface area contributed by atoms with E-state index in [0.29, 0.717) is 0 Å². The van der Waals surface area contributed by atoms with Gasteiger partial charge in [0.15, 0.2) is 5.75 Å². The number of para-hydroxylation sites is 1. The van der Waals surface area contributed by atoms with Crippen LogP contribution in [0.3, 0.4) is 0 Å². The van der Waals surface area contributed by atoms with Crippen molar-refractivity contribution < 1.29 is 24.5 Å². The number of anilines is 1. The molecule has 2 aromatic rings. The molecule has 0 aromatic heterocycles. The summed E-state index contributed by atoms with van der Waals surface area (Å²) in [6.45, 7) is 0. The van der Waals surface area contributed by atoms with Crippen LogP contribution in [0.5, 0.6) is 11.5 Å². The Morgan fingerprint density at radius 3 is 2.48 bits per heavy atom. The largest absolute Gasteiger partial charge is 0.507 e. The molecule has 108 valence electrons. The Bertz CT molecular complexity index is 702. The number of benzene rings is 2. The predicted molar refractivity (Wildman–Crippen MR) is 76.2 cm³/mol. The molecule has 0 bridgehead atoms. The molecule has 0 spiro atoms. The Labute approximate surface area is 124 Å². The van der Waals surface area contributed by atoms with Crippen molar-refractivity contribution >= 4 is 29.4 Å². The number of carbonyl (C=O) groups is 2. The molecular weight excluding hydrogens is 298 g/mol. The number of halogens is 1. The Morgan fingerprint density at radius 1 is 1.10 bits per heavy atom. The number of rotatable bonds is 3. The molecule has 0 fully saturated rings. The summed E-state index contributed by atoms with van der Waals surface area (Å²) in [5, 5.41) is 21.0. The predicted octanol–water partition coefficient (Wildman–Crippen LogP) is 3.35.